The Morgan fingerprint density at radius 2 is 1.24 bits per heavy atom. The van der Waals surface area contributed by atoms with E-state index in [1.165, 1.54) is 4.90 Å². The van der Waals surface area contributed by atoms with Crippen molar-refractivity contribution >= 4 is 11.8 Å². The second-order valence-corrected chi connectivity index (χ2v) is 14.3. The SMILES string of the molecule is Cc1cc(C)cc(C(=O)N2CCCC(N3CCN(C4CCN(C(=O)c5cc(C(F)(F)F)cc(C(F)(F)F)c5)C(Cc5ccccc5)C4)CC3)C2)c1. The molecule has 0 N–H and O–H groups in total. The Kier molecular flexibility index (Phi) is 10.8. The predicted octanol–water partition coefficient (Wildman–Crippen LogP) is 7.48. The van der Waals surface area contributed by atoms with Gasteiger partial charge in [0, 0.05) is 75.1 Å². The summed E-state index contributed by atoms with van der Waals surface area (Å²) in [6.07, 6.45) is -6.59. The van der Waals surface area contributed by atoms with Gasteiger partial charge < -0.3 is 9.80 Å². The average Bonchev–Trinajstić information content (AvgIpc) is 3.10. The van der Waals surface area contributed by atoms with Crippen LogP contribution in [-0.2, 0) is 18.8 Å². The number of benzene rings is 3. The summed E-state index contributed by atoms with van der Waals surface area (Å²) in [5, 5.41) is 0. The van der Waals surface area contributed by atoms with E-state index in [9.17, 15) is 35.9 Å². The number of piperazine rings is 1. The van der Waals surface area contributed by atoms with Gasteiger partial charge in [-0.2, -0.15) is 26.3 Å². The summed E-state index contributed by atoms with van der Waals surface area (Å²) in [5.41, 5.74) is 0.183. The maximum Gasteiger partial charge on any atom is 0.416 e. The fraction of sp³-hybridized carbons (Fsp3) is 0.487. The number of amides is 2. The van der Waals surface area contributed by atoms with Crippen LogP contribution < -0.4 is 0 Å². The third kappa shape index (κ3) is 8.77. The lowest BCUT2D eigenvalue weighted by Gasteiger charge is -2.48. The van der Waals surface area contributed by atoms with Gasteiger partial charge in [-0.1, -0.05) is 47.5 Å². The van der Waals surface area contributed by atoms with Crippen molar-refractivity contribution in [3.63, 3.8) is 0 Å². The van der Waals surface area contributed by atoms with E-state index >= 15 is 0 Å². The number of hydrogen-bond donors (Lipinski definition) is 0. The molecule has 2 amide bonds. The Morgan fingerprint density at radius 3 is 1.82 bits per heavy atom. The van der Waals surface area contributed by atoms with Gasteiger partial charge in [-0.15, -0.1) is 0 Å². The number of carbonyl (C=O) groups excluding carboxylic acids is 2. The molecule has 12 heteroatoms. The fourth-order valence-corrected chi connectivity index (χ4v) is 8.14. The number of aryl methyl sites for hydroxylation is 2. The number of alkyl halides is 6. The molecule has 0 spiro atoms. The minimum absolute atomic E-state index is 0.0534. The van der Waals surface area contributed by atoms with Gasteiger partial charge in [-0.3, -0.25) is 19.4 Å². The first-order valence-electron chi connectivity index (χ1n) is 17.7. The normalized spacial score (nSPS) is 22.6. The van der Waals surface area contributed by atoms with Crippen molar-refractivity contribution in [3.8, 4) is 0 Å². The first kappa shape index (κ1) is 36.9. The molecule has 0 radical (unpaired) electrons. The van der Waals surface area contributed by atoms with E-state index in [-0.39, 0.29) is 30.6 Å². The number of piperidine rings is 2. The number of nitrogens with zero attached hydrogens (tertiary/aromatic N) is 4. The third-order valence-corrected chi connectivity index (χ3v) is 10.6. The van der Waals surface area contributed by atoms with Crippen molar-refractivity contribution in [2.45, 2.75) is 76.4 Å². The molecule has 3 aromatic rings. The molecule has 3 unspecified atom stereocenters. The summed E-state index contributed by atoms with van der Waals surface area (Å²) in [7, 11) is 0. The monoisotopic (exact) mass is 714 g/mol. The molecule has 3 atom stereocenters. The van der Waals surface area contributed by atoms with Crippen LogP contribution in [-0.4, -0.2) is 95.4 Å². The standard InChI is InChI=1S/C39H44F6N4O2/c1-26-17-27(2)19-29(18-26)36(50)48-11-6-9-34(25-48)47-15-13-46(14-16-47)33-10-12-49(35(24-33)20-28-7-4-3-5-8-28)37(51)30-21-31(38(40,41)42)23-32(22-30)39(43,44)45/h3-5,7-8,17-19,21-23,33-35H,6,9-16,20,24-25H2,1-2H3. The van der Waals surface area contributed by atoms with Gasteiger partial charge in [-0.25, -0.2) is 0 Å². The Labute approximate surface area is 295 Å². The number of carbonyl (C=O) groups is 2. The molecule has 3 aromatic carbocycles. The molecular weight excluding hydrogens is 670 g/mol. The second-order valence-electron chi connectivity index (χ2n) is 14.3. The molecular formula is C39H44F6N4O2. The summed E-state index contributed by atoms with van der Waals surface area (Å²) in [6.45, 7) is 8.86. The van der Waals surface area contributed by atoms with Gasteiger partial charge in [-0.05, 0) is 81.8 Å². The highest BCUT2D eigenvalue weighted by Gasteiger charge is 2.41. The van der Waals surface area contributed by atoms with E-state index in [1.54, 1.807) is 0 Å². The molecule has 0 aliphatic carbocycles. The molecule has 51 heavy (non-hydrogen) atoms. The Balaban J connectivity index is 1.13. The largest absolute Gasteiger partial charge is 0.416 e. The smallest absolute Gasteiger partial charge is 0.337 e. The molecule has 3 aliphatic rings. The predicted molar refractivity (Wildman–Crippen MR) is 182 cm³/mol. The maximum atomic E-state index is 13.8. The Bertz CT molecular complexity index is 1650. The van der Waals surface area contributed by atoms with Crippen LogP contribution in [0, 0.1) is 13.8 Å². The Hall–Kier alpha value is -3.90. The summed E-state index contributed by atoms with van der Waals surface area (Å²) in [5.74, 6) is -0.760. The number of hydrogen-bond acceptors (Lipinski definition) is 4. The van der Waals surface area contributed by atoms with E-state index in [0.29, 0.717) is 37.9 Å². The molecule has 3 saturated heterocycles. The Morgan fingerprint density at radius 1 is 0.667 bits per heavy atom. The third-order valence-electron chi connectivity index (χ3n) is 10.6. The van der Waals surface area contributed by atoms with E-state index < -0.39 is 41.0 Å². The van der Waals surface area contributed by atoms with Crippen LogP contribution in [0.25, 0.3) is 0 Å². The van der Waals surface area contributed by atoms with Gasteiger partial charge >= 0.3 is 12.4 Å². The second kappa shape index (κ2) is 15.0. The molecule has 3 aliphatic heterocycles. The highest BCUT2D eigenvalue weighted by Crippen LogP contribution is 2.37. The van der Waals surface area contributed by atoms with Crippen molar-refractivity contribution in [1.29, 1.82) is 0 Å². The lowest BCUT2D eigenvalue weighted by molar-refractivity contribution is -0.143. The first-order valence-corrected chi connectivity index (χ1v) is 17.7. The lowest BCUT2D eigenvalue weighted by atomic mass is 9.90. The summed E-state index contributed by atoms with van der Waals surface area (Å²) in [6, 6.07) is 16.4. The van der Waals surface area contributed by atoms with E-state index in [4.69, 9.17) is 0 Å². The maximum absolute atomic E-state index is 13.8. The van der Waals surface area contributed by atoms with Crippen LogP contribution >= 0.6 is 0 Å². The van der Waals surface area contributed by atoms with Crippen molar-refractivity contribution in [3.05, 3.63) is 106 Å². The van der Waals surface area contributed by atoms with Crippen LogP contribution in [0.4, 0.5) is 26.3 Å². The van der Waals surface area contributed by atoms with Crippen LogP contribution in [0.2, 0.25) is 0 Å². The number of likely N-dealkylation sites (tertiary alicyclic amines) is 2. The molecule has 6 rings (SSSR count). The zero-order valence-electron chi connectivity index (χ0n) is 28.9. The van der Waals surface area contributed by atoms with Gasteiger partial charge in [0.05, 0.1) is 11.1 Å². The zero-order chi connectivity index (χ0) is 36.5. The molecule has 3 fully saturated rings. The minimum atomic E-state index is -5.04. The molecule has 0 bridgehead atoms. The fourth-order valence-electron chi connectivity index (χ4n) is 8.14. The van der Waals surface area contributed by atoms with Gasteiger partial charge in [0.2, 0.25) is 0 Å². The topological polar surface area (TPSA) is 47.1 Å². The van der Waals surface area contributed by atoms with Crippen LogP contribution in [0.5, 0.6) is 0 Å². The van der Waals surface area contributed by atoms with Crippen LogP contribution in [0.3, 0.4) is 0 Å². The number of halogens is 6. The van der Waals surface area contributed by atoms with Gasteiger partial charge in [0.25, 0.3) is 11.8 Å². The van der Waals surface area contributed by atoms with Crippen molar-refractivity contribution in [2.24, 2.45) is 0 Å². The quantitative estimate of drug-likeness (QED) is 0.249. The van der Waals surface area contributed by atoms with E-state index in [0.717, 1.165) is 67.8 Å². The molecule has 0 aromatic heterocycles. The van der Waals surface area contributed by atoms with E-state index in [1.807, 2.05) is 61.2 Å². The lowest BCUT2D eigenvalue weighted by Crippen LogP contribution is -2.59. The first-order chi connectivity index (χ1) is 24.2. The van der Waals surface area contributed by atoms with Gasteiger partial charge in [0.15, 0.2) is 0 Å². The molecule has 274 valence electrons. The van der Waals surface area contributed by atoms with E-state index in [2.05, 4.69) is 15.9 Å². The van der Waals surface area contributed by atoms with Crippen molar-refractivity contribution < 1.29 is 35.9 Å². The van der Waals surface area contributed by atoms with Crippen LogP contribution in [0.1, 0.15) is 74.2 Å². The molecule has 3 heterocycles. The van der Waals surface area contributed by atoms with Crippen LogP contribution in [0.15, 0.2) is 66.7 Å². The highest BCUT2D eigenvalue weighted by atomic mass is 19.4. The minimum Gasteiger partial charge on any atom is -0.337 e. The zero-order valence-corrected chi connectivity index (χ0v) is 28.9. The molecule has 6 nitrogen and oxygen atoms in total. The summed E-state index contributed by atoms with van der Waals surface area (Å²) in [4.78, 5) is 35.5. The number of rotatable bonds is 6. The highest BCUT2D eigenvalue weighted by molar-refractivity contribution is 5.95. The average molecular weight is 715 g/mol. The van der Waals surface area contributed by atoms with Crippen molar-refractivity contribution in [1.82, 2.24) is 19.6 Å². The van der Waals surface area contributed by atoms with Gasteiger partial charge in [0.1, 0.15) is 0 Å². The summed E-state index contributed by atoms with van der Waals surface area (Å²) < 4.78 is 81.9. The summed E-state index contributed by atoms with van der Waals surface area (Å²) >= 11 is 0. The van der Waals surface area contributed by atoms with Crippen molar-refractivity contribution in [2.75, 3.05) is 45.8 Å². The molecule has 0 saturated carbocycles.